The normalized spacial score (nSPS) is 13.1. The van der Waals surface area contributed by atoms with Crippen molar-refractivity contribution in [1.29, 1.82) is 0 Å². The van der Waals surface area contributed by atoms with Gasteiger partial charge in [-0.2, -0.15) is 10.1 Å². The summed E-state index contributed by atoms with van der Waals surface area (Å²) in [5.74, 6) is 0.888. The molecular formula is C12H13N5O. The first-order valence-corrected chi connectivity index (χ1v) is 5.68. The first kappa shape index (κ1) is 10.9. The molecule has 0 amide bonds. The molecule has 6 nitrogen and oxygen atoms in total. The molecule has 3 rings (SSSR count). The fraction of sp³-hybridized carbons (Fsp3) is 0.250. The van der Waals surface area contributed by atoms with E-state index in [2.05, 4.69) is 15.2 Å². The summed E-state index contributed by atoms with van der Waals surface area (Å²) < 4.78 is 7.01. The summed E-state index contributed by atoms with van der Waals surface area (Å²) in [6.45, 7) is 1.81. The zero-order valence-corrected chi connectivity index (χ0v) is 10.2. The zero-order chi connectivity index (χ0) is 12.7. The number of hydrogen-bond donors (Lipinski definition) is 1. The standard InChI is InChI=1S/C12H13N5O/c1-7(13)11-14-12(18-16-11)10-8-5-3-4-6-9(8)17(2)15-10/h3-7H,13H2,1-2H3. The molecule has 1 atom stereocenters. The van der Waals surface area contributed by atoms with Crippen molar-refractivity contribution >= 4 is 10.9 Å². The van der Waals surface area contributed by atoms with E-state index in [0.717, 1.165) is 10.9 Å². The second kappa shape index (κ2) is 3.92. The van der Waals surface area contributed by atoms with Crippen molar-refractivity contribution in [2.24, 2.45) is 12.8 Å². The van der Waals surface area contributed by atoms with Crippen LogP contribution in [0, 0.1) is 0 Å². The minimum absolute atomic E-state index is 0.252. The molecule has 2 heterocycles. The number of benzene rings is 1. The second-order valence-electron chi connectivity index (χ2n) is 4.24. The molecule has 1 unspecified atom stereocenters. The highest BCUT2D eigenvalue weighted by atomic mass is 16.5. The Morgan fingerprint density at radius 2 is 2.11 bits per heavy atom. The van der Waals surface area contributed by atoms with Crippen molar-refractivity contribution in [3.8, 4) is 11.6 Å². The molecule has 0 aliphatic rings. The third-order valence-electron chi connectivity index (χ3n) is 2.81. The van der Waals surface area contributed by atoms with Crippen LogP contribution < -0.4 is 5.73 Å². The lowest BCUT2D eigenvalue weighted by molar-refractivity contribution is 0.417. The van der Waals surface area contributed by atoms with Crippen LogP contribution in [-0.4, -0.2) is 19.9 Å². The van der Waals surface area contributed by atoms with Crippen molar-refractivity contribution in [3.63, 3.8) is 0 Å². The third-order valence-corrected chi connectivity index (χ3v) is 2.81. The summed E-state index contributed by atoms with van der Waals surface area (Å²) in [6.07, 6.45) is 0. The number of para-hydroxylation sites is 1. The number of nitrogens with two attached hydrogens (primary N) is 1. The van der Waals surface area contributed by atoms with E-state index in [1.54, 1.807) is 4.68 Å². The quantitative estimate of drug-likeness (QED) is 0.739. The molecule has 2 aromatic heterocycles. The van der Waals surface area contributed by atoms with Gasteiger partial charge in [0.05, 0.1) is 11.6 Å². The van der Waals surface area contributed by atoms with Gasteiger partial charge in [0.1, 0.15) is 0 Å². The molecule has 0 bridgehead atoms. The highest BCUT2D eigenvalue weighted by Crippen LogP contribution is 2.26. The van der Waals surface area contributed by atoms with Gasteiger partial charge in [0.15, 0.2) is 11.5 Å². The smallest absolute Gasteiger partial charge is 0.279 e. The van der Waals surface area contributed by atoms with Crippen LogP contribution in [0.15, 0.2) is 28.8 Å². The van der Waals surface area contributed by atoms with Crippen LogP contribution in [0.1, 0.15) is 18.8 Å². The Hall–Kier alpha value is -2.21. The number of fused-ring (bicyclic) bond motifs is 1. The average molecular weight is 243 g/mol. The Morgan fingerprint density at radius 3 is 2.83 bits per heavy atom. The van der Waals surface area contributed by atoms with E-state index >= 15 is 0 Å². The number of nitrogens with zero attached hydrogens (tertiary/aromatic N) is 4. The molecule has 0 saturated carbocycles. The Bertz CT molecular complexity index is 697. The van der Waals surface area contributed by atoms with E-state index in [9.17, 15) is 0 Å². The number of rotatable bonds is 2. The van der Waals surface area contributed by atoms with Crippen molar-refractivity contribution in [2.45, 2.75) is 13.0 Å². The molecule has 18 heavy (non-hydrogen) atoms. The molecule has 0 radical (unpaired) electrons. The Labute approximate surface area is 103 Å². The highest BCUT2D eigenvalue weighted by Gasteiger charge is 2.17. The molecule has 0 aliphatic carbocycles. The summed E-state index contributed by atoms with van der Waals surface area (Å²) in [7, 11) is 1.88. The average Bonchev–Trinajstić information content (AvgIpc) is 2.95. The summed E-state index contributed by atoms with van der Waals surface area (Å²) in [6, 6.07) is 7.64. The predicted molar refractivity (Wildman–Crippen MR) is 66.6 cm³/mol. The lowest BCUT2D eigenvalue weighted by atomic mass is 10.2. The largest absolute Gasteiger partial charge is 0.332 e. The van der Waals surface area contributed by atoms with Crippen molar-refractivity contribution < 1.29 is 4.52 Å². The lowest BCUT2D eigenvalue weighted by Crippen LogP contribution is -2.06. The van der Waals surface area contributed by atoms with Crippen molar-refractivity contribution in [2.75, 3.05) is 0 Å². The van der Waals surface area contributed by atoms with Gasteiger partial charge < -0.3 is 10.3 Å². The van der Waals surface area contributed by atoms with Crippen LogP contribution in [0.2, 0.25) is 0 Å². The minimum Gasteiger partial charge on any atom is -0.332 e. The van der Waals surface area contributed by atoms with Gasteiger partial charge in [-0.15, -0.1) is 0 Å². The van der Waals surface area contributed by atoms with E-state index < -0.39 is 0 Å². The Morgan fingerprint density at radius 1 is 1.33 bits per heavy atom. The molecule has 6 heteroatoms. The Kier molecular flexibility index (Phi) is 2.38. The molecule has 1 aromatic carbocycles. The summed E-state index contributed by atoms with van der Waals surface area (Å²) in [5, 5.41) is 9.25. The van der Waals surface area contributed by atoms with Gasteiger partial charge in [0.2, 0.25) is 0 Å². The minimum atomic E-state index is -0.252. The van der Waals surface area contributed by atoms with Gasteiger partial charge in [-0.1, -0.05) is 23.4 Å². The maximum absolute atomic E-state index is 5.71. The highest BCUT2D eigenvalue weighted by molar-refractivity contribution is 5.91. The van der Waals surface area contributed by atoms with E-state index in [-0.39, 0.29) is 6.04 Å². The summed E-state index contributed by atoms with van der Waals surface area (Å²) in [5.41, 5.74) is 7.42. The van der Waals surface area contributed by atoms with Crippen LogP contribution in [0.5, 0.6) is 0 Å². The third kappa shape index (κ3) is 1.58. The van der Waals surface area contributed by atoms with E-state index in [1.165, 1.54) is 0 Å². The number of hydrogen-bond acceptors (Lipinski definition) is 5. The molecule has 2 N–H and O–H groups in total. The van der Waals surface area contributed by atoms with Crippen LogP contribution >= 0.6 is 0 Å². The van der Waals surface area contributed by atoms with Crippen molar-refractivity contribution in [1.82, 2.24) is 19.9 Å². The van der Waals surface area contributed by atoms with Gasteiger partial charge >= 0.3 is 0 Å². The maximum atomic E-state index is 5.71. The molecule has 0 spiro atoms. The first-order chi connectivity index (χ1) is 8.66. The van der Waals surface area contributed by atoms with Crippen LogP contribution in [0.25, 0.3) is 22.5 Å². The van der Waals surface area contributed by atoms with E-state index in [1.807, 2.05) is 38.2 Å². The van der Waals surface area contributed by atoms with Crippen LogP contribution in [-0.2, 0) is 7.05 Å². The molecule has 0 saturated heterocycles. The Balaban J connectivity index is 2.19. The number of aromatic nitrogens is 4. The zero-order valence-electron chi connectivity index (χ0n) is 10.2. The maximum Gasteiger partial charge on any atom is 0.279 e. The predicted octanol–water partition coefficient (Wildman–Crippen LogP) is 1.64. The second-order valence-corrected chi connectivity index (χ2v) is 4.24. The van der Waals surface area contributed by atoms with Gasteiger partial charge in [0.25, 0.3) is 5.89 Å². The first-order valence-electron chi connectivity index (χ1n) is 5.68. The van der Waals surface area contributed by atoms with Crippen molar-refractivity contribution in [3.05, 3.63) is 30.1 Å². The van der Waals surface area contributed by atoms with Gasteiger partial charge in [-0.05, 0) is 13.0 Å². The van der Waals surface area contributed by atoms with Gasteiger partial charge in [0, 0.05) is 12.4 Å². The molecule has 0 aliphatic heterocycles. The molecule has 3 aromatic rings. The van der Waals surface area contributed by atoms with E-state index in [4.69, 9.17) is 10.3 Å². The number of aryl methyl sites for hydroxylation is 1. The summed E-state index contributed by atoms with van der Waals surface area (Å²) in [4.78, 5) is 4.26. The fourth-order valence-electron chi connectivity index (χ4n) is 1.89. The SMILES string of the molecule is CC(N)c1noc(-c2nn(C)c3ccccc23)n1. The molecular weight excluding hydrogens is 230 g/mol. The monoisotopic (exact) mass is 243 g/mol. The lowest BCUT2D eigenvalue weighted by Gasteiger charge is -1.92. The molecule has 92 valence electrons. The fourth-order valence-corrected chi connectivity index (χ4v) is 1.89. The van der Waals surface area contributed by atoms with Gasteiger partial charge in [-0.3, -0.25) is 4.68 Å². The molecule has 0 fully saturated rings. The van der Waals surface area contributed by atoms with Gasteiger partial charge in [-0.25, -0.2) is 0 Å². The van der Waals surface area contributed by atoms with Crippen LogP contribution in [0.4, 0.5) is 0 Å². The topological polar surface area (TPSA) is 82.8 Å². The van der Waals surface area contributed by atoms with E-state index in [0.29, 0.717) is 17.4 Å². The summed E-state index contributed by atoms with van der Waals surface area (Å²) >= 11 is 0. The van der Waals surface area contributed by atoms with Crippen LogP contribution in [0.3, 0.4) is 0 Å².